The fourth-order valence-corrected chi connectivity index (χ4v) is 2.92. The Morgan fingerprint density at radius 1 is 1.12 bits per heavy atom. The van der Waals surface area contributed by atoms with Gasteiger partial charge in [0.1, 0.15) is 6.10 Å². The summed E-state index contributed by atoms with van der Waals surface area (Å²) in [7, 11) is 0. The van der Waals surface area contributed by atoms with E-state index >= 15 is 0 Å². The summed E-state index contributed by atoms with van der Waals surface area (Å²) in [6.45, 7) is 11.3. The molecule has 0 spiro atoms. The second-order valence-corrected chi connectivity index (χ2v) is 7.15. The third kappa shape index (κ3) is 4.85. The van der Waals surface area contributed by atoms with Crippen molar-refractivity contribution in [3.05, 3.63) is 23.4 Å². The molecule has 0 aromatic carbocycles. The Hall–Kier alpha value is -1.80. The van der Waals surface area contributed by atoms with E-state index in [-0.39, 0.29) is 6.10 Å². The number of likely N-dealkylation sites (tertiary alicyclic amines) is 1. The number of aryl methyl sites for hydroxylation is 1. The highest BCUT2D eigenvalue weighted by molar-refractivity contribution is 4.96. The van der Waals surface area contributed by atoms with E-state index < -0.39 is 0 Å². The molecule has 1 unspecified atom stereocenters. The van der Waals surface area contributed by atoms with Gasteiger partial charge in [-0.15, -0.1) is 0 Å². The van der Waals surface area contributed by atoms with Gasteiger partial charge in [0.05, 0.1) is 6.54 Å². The summed E-state index contributed by atoms with van der Waals surface area (Å²) in [5.41, 5.74) is 0. The lowest BCUT2D eigenvalue weighted by molar-refractivity contribution is 0.0402. The largest absolute Gasteiger partial charge is 0.370 e. The number of hydrogen-bond acceptors (Lipinski definition) is 8. The normalized spacial score (nSPS) is 18.1. The minimum Gasteiger partial charge on any atom is -0.370 e. The summed E-state index contributed by atoms with van der Waals surface area (Å²) in [6.07, 6.45) is 1.85. The zero-order valence-corrected chi connectivity index (χ0v) is 15.4. The smallest absolute Gasteiger partial charge is 0.240 e. The van der Waals surface area contributed by atoms with Gasteiger partial charge in [-0.1, -0.05) is 24.2 Å². The van der Waals surface area contributed by atoms with Crippen molar-refractivity contribution in [2.24, 2.45) is 5.92 Å². The number of aromatic nitrogens is 4. The molecule has 1 saturated heterocycles. The van der Waals surface area contributed by atoms with Crippen LogP contribution in [0.3, 0.4) is 0 Å². The van der Waals surface area contributed by atoms with E-state index in [9.17, 15) is 0 Å². The molecule has 3 rings (SSSR count). The molecule has 0 N–H and O–H groups in total. The molecule has 8 nitrogen and oxygen atoms in total. The van der Waals surface area contributed by atoms with Crippen LogP contribution in [0.5, 0.6) is 0 Å². The number of nitrogens with zero attached hydrogens (tertiary/aromatic N) is 5. The molecule has 1 aliphatic rings. The van der Waals surface area contributed by atoms with Gasteiger partial charge < -0.3 is 13.8 Å². The van der Waals surface area contributed by atoms with Crippen LogP contribution in [0.15, 0.2) is 9.05 Å². The maximum absolute atomic E-state index is 5.74. The Morgan fingerprint density at radius 3 is 2.52 bits per heavy atom. The van der Waals surface area contributed by atoms with Gasteiger partial charge in [-0.05, 0) is 45.7 Å². The quantitative estimate of drug-likeness (QED) is 0.753. The molecule has 1 fully saturated rings. The van der Waals surface area contributed by atoms with Crippen molar-refractivity contribution in [2.75, 3.05) is 19.7 Å². The second-order valence-electron chi connectivity index (χ2n) is 7.15. The first-order valence-electron chi connectivity index (χ1n) is 8.98. The van der Waals surface area contributed by atoms with E-state index in [0.29, 0.717) is 42.5 Å². The predicted octanol–water partition coefficient (Wildman–Crippen LogP) is 2.87. The average molecular weight is 349 g/mol. The summed E-state index contributed by atoms with van der Waals surface area (Å²) in [6, 6.07) is 0. The van der Waals surface area contributed by atoms with Gasteiger partial charge in [-0.2, -0.15) is 9.97 Å². The fraction of sp³-hybridized carbons (Fsp3) is 0.765. The molecule has 138 valence electrons. The second kappa shape index (κ2) is 8.05. The molecule has 2 aromatic rings. The standard InChI is InChI=1S/C17H27N5O3/c1-11(2)10-23-12(3)16-19-15(24-21-16)9-22-7-5-14(6-8-22)17-18-13(4)20-25-17/h11-12,14H,5-10H2,1-4H3. The van der Waals surface area contributed by atoms with Gasteiger partial charge >= 0.3 is 0 Å². The molecule has 0 aliphatic carbocycles. The molecule has 2 aromatic heterocycles. The maximum atomic E-state index is 5.74. The number of piperidine rings is 1. The first-order valence-corrected chi connectivity index (χ1v) is 8.98. The van der Waals surface area contributed by atoms with Crippen molar-refractivity contribution in [1.82, 2.24) is 25.2 Å². The van der Waals surface area contributed by atoms with Crippen LogP contribution in [0.2, 0.25) is 0 Å². The average Bonchev–Trinajstić information content (AvgIpc) is 3.22. The molecule has 0 amide bonds. The SMILES string of the molecule is Cc1noc(C2CCN(Cc3nc(C(C)OCC(C)C)no3)CC2)n1. The van der Waals surface area contributed by atoms with Crippen LogP contribution >= 0.6 is 0 Å². The minimum atomic E-state index is -0.147. The molecule has 1 aliphatic heterocycles. The topological polar surface area (TPSA) is 90.3 Å². The lowest BCUT2D eigenvalue weighted by Crippen LogP contribution is -2.32. The molecular weight excluding hydrogens is 322 g/mol. The molecule has 1 atom stereocenters. The monoisotopic (exact) mass is 349 g/mol. The predicted molar refractivity (Wildman–Crippen MR) is 89.8 cm³/mol. The van der Waals surface area contributed by atoms with Crippen LogP contribution < -0.4 is 0 Å². The van der Waals surface area contributed by atoms with Crippen LogP contribution in [0, 0.1) is 12.8 Å². The van der Waals surface area contributed by atoms with Gasteiger partial charge in [0, 0.05) is 12.5 Å². The van der Waals surface area contributed by atoms with Crippen LogP contribution in [-0.2, 0) is 11.3 Å². The molecule has 0 saturated carbocycles. The molecular formula is C17H27N5O3. The summed E-state index contributed by atoms with van der Waals surface area (Å²) in [4.78, 5) is 11.1. The number of hydrogen-bond donors (Lipinski definition) is 0. The first-order chi connectivity index (χ1) is 12.0. The first kappa shape index (κ1) is 18.0. The van der Waals surface area contributed by atoms with Crippen molar-refractivity contribution >= 4 is 0 Å². The van der Waals surface area contributed by atoms with E-state index in [1.54, 1.807) is 0 Å². The number of ether oxygens (including phenoxy) is 1. The highest BCUT2D eigenvalue weighted by atomic mass is 16.5. The zero-order valence-electron chi connectivity index (χ0n) is 15.4. The summed E-state index contributed by atoms with van der Waals surface area (Å²) < 4.78 is 16.4. The van der Waals surface area contributed by atoms with Crippen LogP contribution in [0.25, 0.3) is 0 Å². The zero-order chi connectivity index (χ0) is 17.8. The van der Waals surface area contributed by atoms with Gasteiger partial charge in [-0.25, -0.2) is 0 Å². The Kier molecular flexibility index (Phi) is 5.80. The summed E-state index contributed by atoms with van der Waals surface area (Å²) in [5.74, 6) is 3.55. The van der Waals surface area contributed by atoms with E-state index in [4.69, 9.17) is 13.8 Å². The maximum Gasteiger partial charge on any atom is 0.240 e. The summed E-state index contributed by atoms with van der Waals surface area (Å²) >= 11 is 0. The van der Waals surface area contributed by atoms with Gasteiger partial charge in [0.15, 0.2) is 11.6 Å². The third-order valence-corrected chi connectivity index (χ3v) is 4.37. The van der Waals surface area contributed by atoms with E-state index in [0.717, 1.165) is 31.8 Å². The van der Waals surface area contributed by atoms with E-state index in [2.05, 4.69) is 39.0 Å². The third-order valence-electron chi connectivity index (χ3n) is 4.37. The molecule has 3 heterocycles. The van der Waals surface area contributed by atoms with Crippen molar-refractivity contribution < 1.29 is 13.8 Å². The minimum absolute atomic E-state index is 0.147. The van der Waals surface area contributed by atoms with Gasteiger partial charge in [-0.3, -0.25) is 4.90 Å². The van der Waals surface area contributed by atoms with Crippen LogP contribution in [-0.4, -0.2) is 44.9 Å². The van der Waals surface area contributed by atoms with E-state index in [1.807, 2.05) is 13.8 Å². The van der Waals surface area contributed by atoms with Gasteiger partial charge in [0.2, 0.25) is 11.8 Å². The molecule has 8 heteroatoms. The fourth-order valence-electron chi connectivity index (χ4n) is 2.92. The highest BCUT2D eigenvalue weighted by Crippen LogP contribution is 2.27. The Morgan fingerprint density at radius 2 is 1.88 bits per heavy atom. The van der Waals surface area contributed by atoms with Crippen LogP contribution in [0.4, 0.5) is 0 Å². The Balaban J connectivity index is 1.47. The van der Waals surface area contributed by atoms with Crippen LogP contribution in [0.1, 0.15) is 69.1 Å². The molecule has 0 bridgehead atoms. The lowest BCUT2D eigenvalue weighted by atomic mass is 9.97. The van der Waals surface area contributed by atoms with Crippen molar-refractivity contribution in [3.63, 3.8) is 0 Å². The Labute approximate surface area is 147 Å². The van der Waals surface area contributed by atoms with Crippen molar-refractivity contribution in [3.8, 4) is 0 Å². The lowest BCUT2D eigenvalue weighted by Gasteiger charge is -2.28. The molecule has 25 heavy (non-hydrogen) atoms. The number of rotatable bonds is 7. The van der Waals surface area contributed by atoms with Gasteiger partial charge in [0.25, 0.3) is 0 Å². The summed E-state index contributed by atoms with van der Waals surface area (Å²) in [5, 5.41) is 7.93. The van der Waals surface area contributed by atoms with E-state index in [1.165, 1.54) is 0 Å². The highest BCUT2D eigenvalue weighted by Gasteiger charge is 2.26. The molecule has 0 radical (unpaired) electrons. The van der Waals surface area contributed by atoms with Crippen molar-refractivity contribution in [1.29, 1.82) is 0 Å². The van der Waals surface area contributed by atoms with Crippen molar-refractivity contribution in [2.45, 2.75) is 59.1 Å². The Bertz CT molecular complexity index is 661.